The van der Waals surface area contributed by atoms with Crippen LogP contribution in [0, 0.1) is 5.92 Å². The molecule has 1 aliphatic rings. The van der Waals surface area contributed by atoms with E-state index in [-0.39, 0.29) is 0 Å². The SMILES string of the molecule is CCC1(c2ccc(Cl)cc2)CC1CN. The summed E-state index contributed by atoms with van der Waals surface area (Å²) < 4.78 is 0. The lowest BCUT2D eigenvalue weighted by atomic mass is 9.90. The van der Waals surface area contributed by atoms with Crippen molar-refractivity contribution in [3.05, 3.63) is 34.9 Å². The second kappa shape index (κ2) is 3.56. The van der Waals surface area contributed by atoms with Crippen molar-refractivity contribution in [3.63, 3.8) is 0 Å². The van der Waals surface area contributed by atoms with Crippen LogP contribution in [-0.2, 0) is 5.41 Å². The Morgan fingerprint density at radius 3 is 2.50 bits per heavy atom. The molecule has 0 heterocycles. The number of halogens is 1. The summed E-state index contributed by atoms with van der Waals surface area (Å²) in [6.07, 6.45) is 2.41. The van der Waals surface area contributed by atoms with Crippen LogP contribution in [0.1, 0.15) is 25.3 Å². The van der Waals surface area contributed by atoms with Gasteiger partial charge in [0.2, 0.25) is 0 Å². The number of nitrogens with two attached hydrogens (primary N) is 1. The Kier molecular flexibility index (Phi) is 2.54. The Hall–Kier alpha value is -0.530. The highest BCUT2D eigenvalue weighted by molar-refractivity contribution is 6.30. The lowest BCUT2D eigenvalue weighted by Gasteiger charge is -2.15. The van der Waals surface area contributed by atoms with Gasteiger partial charge in [-0.3, -0.25) is 0 Å². The van der Waals surface area contributed by atoms with Gasteiger partial charge in [0, 0.05) is 5.02 Å². The Bertz CT molecular complexity index is 320. The standard InChI is InChI=1S/C12H16ClN/c1-2-12(7-10(12)8-14)9-3-5-11(13)6-4-9/h3-6,10H,2,7-8,14H2,1H3. The Morgan fingerprint density at radius 1 is 1.43 bits per heavy atom. The van der Waals surface area contributed by atoms with Crippen molar-refractivity contribution in [2.75, 3.05) is 6.54 Å². The molecule has 1 fully saturated rings. The fraction of sp³-hybridized carbons (Fsp3) is 0.500. The normalized spacial score (nSPS) is 30.4. The molecule has 1 aromatic carbocycles. The first-order chi connectivity index (χ1) is 6.73. The van der Waals surface area contributed by atoms with Gasteiger partial charge in [-0.1, -0.05) is 30.7 Å². The molecule has 1 nitrogen and oxygen atoms in total. The van der Waals surface area contributed by atoms with E-state index in [1.165, 1.54) is 18.4 Å². The molecule has 2 unspecified atom stereocenters. The molecule has 2 heteroatoms. The van der Waals surface area contributed by atoms with Crippen molar-refractivity contribution < 1.29 is 0 Å². The van der Waals surface area contributed by atoms with Crippen molar-refractivity contribution in [1.82, 2.24) is 0 Å². The fourth-order valence-electron chi connectivity index (χ4n) is 2.46. The topological polar surface area (TPSA) is 26.0 Å². The van der Waals surface area contributed by atoms with Gasteiger partial charge in [-0.25, -0.2) is 0 Å². The van der Waals surface area contributed by atoms with Gasteiger partial charge in [0.25, 0.3) is 0 Å². The molecule has 2 atom stereocenters. The molecule has 76 valence electrons. The zero-order valence-corrected chi connectivity index (χ0v) is 9.22. The Balaban J connectivity index is 2.26. The van der Waals surface area contributed by atoms with Gasteiger partial charge in [0.15, 0.2) is 0 Å². The molecule has 2 rings (SSSR count). The van der Waals surface area contributed by atoms with Gasteiger partial charge in [-0.15, -0.1) is 0 Å². The quantitative estimate of drug-likeness (QED) is 0.814. The molecule has 1 saturated carbocycles. The summed E-state index contributed by atoms with van der Waals surface area (Å²) in [6, 6.07) is 8.23. The highest BCUT2D eigenvalue weighted by atomic mass is 35.5. The van der Waals surface area contributed by atoms with E-state index < -0.39 is 0 Å². The van der Waals surface area contributed by atoms with Gasteiger partial charge < -0.3 is 5.73 Å². The molecule has 0 spiro atoms. The number of rotatable bonds is 3. The molecule has 0 aliphatic heterocycles. The second-order valence-corrected chi connectivity index (χ2v) is 4.59. The largest absolute Gasteiger partial charge is 0.330 e. The Labute approximate surface area is 90.3 Å². The van der Waals surface area contributed by atoms with Crippen LogP contribution in [0.4, 0.5) is 0 Å². The van der Waals surface area contributed by atoms with E-state index in [1.54, 1.807) is 0 Å². The average Bonchev–Trinajstić information content (AvgIpc) is 2.94. The zero-order chi connectivity index (χ0) is 10.2. The molecular weight excluding hydrogens is 194 g/mol. The second-order valence-electron chi connectivity index (χ2n) is 4.15. The van der Waals surface area contributed by atoms with Crippen molar-refractivity contribution in [2.24, 2.45) is 11.7 Å². The van der Waals surface area contributed by atoms with Crippen LogP contribution in [-0.4, -0.2) is 6.54 Å². The summed E-state index contributed by atoms with van der Waals surface area (Å²) in [6.45, 7) is 3.04. The van der Waals surface area contributed by atoms with Gasteiger partial charge in [-0.05, 0) is 48.4 Å². The van der Waals surface area contributed by atoms with Crippen molar-refractivity contribution in [3.8, 4) is 0 Å². The van der Waals surface area contributed by atoms with Crippen molar-refractivity contribution in [2.45, 2.75) is 25.2 Å². The highest BCUT2D eigenvalue weighted by Crippen LogP contribution is 2.56. The molecule has 0 aromatic heterocycles. The molecule has 14 heavy (non-hydrogen) atoms. The fourth-order valence-corrected chi connectivity index (χ4v) is 2.59. The summed E-state index contributed by atoms with van der Waals surface area (Å²) in [5.41, 5.74) is 7.49. The molecule has 0 bridgehead atoms. The van der Waals surface area contributed by atoms with E-state index in [0.717, 1.165) is 11.6 Å². The van der Waals surface area contributed by atoms with Gasteiger partial charge in [0.05, 0.1) is 0 Å². The first kappa shape index (κ1) is 10.0. The predicted molar refractivity (Wildman–Crippen MR) is 60.6 cm³/mol. The van der Waals surface area contributed by atoms with E-state index in [9.17, 15) is 0 Å². The van der Waals surface area contributed by atoms with Crippen LogP contribution in [0.25, 0.3) is 0 Å². The molecule has 0 radical (unpaired) electrons. The minimum atomic E-state index is 0.360. The summed E-state index contributed by atoms with van der Waals surface area (Å²) in [5, 5.41) is 0.810. The predicted octanol–water partition coefficient (Wildman–Crippen LogP) is 2.97. The highest BCUT2D eigenvalue weighted by Gasteiger charge is 2.52. The average molecular weight is 210 g/mol. The zero-order valence-electron chi connectivity index (χ0n) is 8.46. The molecular formula is C12H16ClN. The summed E-state index contributed by atoms with van der Waals surface area (Å²) >= 11 is 5.87. The van der Waals surface area contributed by atoms with Gasteiger partial charge in [-0.2, -0.15) is 0 Å². The minimum Gasteiger partial charge on any atom is -0.330 e. The summed E-state index contributed by atoms with van der Waals surface area (Å²) in [7, 11) is 0. The third-order valence-corrected chi connectivity index (χ3v) is 3.82. The maximum atomic E-state index is 5.87. The van der Waals surface area contributed by atoms with Crippen LogP contribution in [0.2, 0.25) is 5.02 Å². The van der Waals surface area contributed by atoms with E-state index in [0.29, 0.717) is 11.3 Å². The van der Waals surface area contributed by atoms with Gasteiger partial charge >= 0.3 is 0 Å². The van der Waals surface area contributed by atoms with Gasteiger partial charge in [0.1, 0.15) is 0 Å². The van der Waals surface area contributed by atoms with Crippen molar-refractivity contribution >= 4 is 11.6 Å². The maximum absolute atomic E-state index is 5.87. The van der Waals surface area contributed by atoms with Crippen LogP contribution in [0.3, 0.4) is 0 Å². The molecule has 1 aromatic rings. The Morgan fingerprint density at radius 2 is 2.07 bits per heavy atom. The smallest absolute Gasteiger partial charge is 0.0406 e. The number of hydrogen-bond acceptors (Lipinski definition) is 1. The lowest BCUT2D eigenvalue weighted by Crippen LogP contribution is -2.14. The number of hydrogen-bond donors (Lipinski definition) is 1. The molecule has 0 amide bonds. The minimum absolute atomic E-state index is 0.360. The first-order valence-corrected chi connectivity index (χ1v) is 5.57. The lowest BCUT2D eigenvalue weighted by molar-refractivity contribution is 0.587. The van der Waals surface area contributed by atoms with E-state index in [1.807, 2.05) is 12.1 Å². The first-order valence-electron chi connectivity index (χ1n) is 5.19. The third kappa shape index (κ3) is 1.45. The van der Waals surface area contributed by atoms with Crippen LogP contribution in [0.15, 0.2) is 24.3 Å². The van der Waals surface area contributed by atoms with Crippen molar-refractivity contribution in [1.29, 1.82) is 0 Å². The number of benzene rings is 1. The maximum Gasteiger partial charge on any atom is 0.0406 e. The third-order valence-electron chi connectivity index (χ3n) is 3.57. The van der Waals surface area contributed by atoms with E-state index in [2.05, 4.69) is 19.1 Å². The summed E-state index contributed by atoms with van der Waals surface area (Å²) in [4.78, 5) is 0. The summed E-state index contributed by atoms with van der Waals surface area (Å²) in [5.74, 6) is 0.675. The van der Waals surface area contributed by atoms with Crippen LogP contribution >= 0.6 is 11.6 Å². The molecule has 2 N–H and O–H groups in total. The van der Waals surface area contributed by atoms with Crippen LogP contribution < -0.4 is 5.73 Å². The molecule has 1 aliphatic carbocycles. The molecule has 0 saturated heterocycles. The van der Waals surface area contributed by atoms with E-state index in [4.69, 9.17) is 17.3 Å². The monoisotopic (exact) mass is 209 g/mol. The van der Waals surface area contributed by atoms with E-state index >= 15 is 0 Å². The van der Waals surface area contributed by atoms with Crippen LogP contribution in [0.5, 0.6) is 0 Å².